The maximum absolute atomic E-state index is 13.2. The van der Waals surface area contributed by atoms with Crippen LogP contribution in [-0.2, 0) is 28.0 Å². The van der Waals surface area contributed by atoms with Crippen LogP contribution in [0.4, 0.5) is 4.39 Å². The summed E-state index contributed by atoms with van der Waals surface area (Å²) in [6.45, 7) is 0.489. The summed E-state index contributed by atoms with van der Waals surface area (Å²) >= 11 is 1.44. The summed E-state index contributed by atoms with van der Waals surface area (Å²) in [6.07, 6.45) is 1.55. The number of halogens is 1. The van der Waals surface area contributed by atoms with Gasteiger partial charge in [0, 0.05) is 11.4 Å². The molecule has 9 heteroatoms. The molecule has 0 N–H and O–H groups in total. The first-order valence-corrected chi connectivity index (χ1v) is 13.1. The third-order valence-electron chi connectivity index (χ3n) is 4.97. The van der Waals surface area contributed by atoms with E-state index in [0.29, 0.717) is 11.3 Å². The molecule has 35 heavy (non-hydrogen) atoms. The molecule has 1 aromatic heterocycles. The number of rotatable bonds is 10. The Hall–Kier alpha value is -3.56. The molecule has 3 aromatic carbocycles. The first-order valence-electron chi connectivity index (χ1n) is 10.7. The standard InChI is InChI=1S/C26H22FNO5S2/c27-21-11-13-25(14-12-21)35(30,31)33-22-7-4-6-20(16-22)17-28(18-23-8-5-15-32-23)26(29)19-34-24-9-2-1-3-10-24/h1-16H,17-19H2. The Balaban J connectivity index is 1.48. The summed E-state index contributed by atoms with van der Waals surface area (Å²) in [6, 6.07) is 24.1. The summed E-state index contributed by atoms with van der Waals surface area (Å²) in [7, 11) is -4.14. The number of furan rings is 1. The van der Waals surface area contributed by atoms with E-state index in [0.717, 1.165) is 29.2 Å². The Labute approximate surface area is 207 Å². The van der Waals surface area contributed by atoms with E-state index in [4.69, 9.17) is 8.60 Å². The van der Waals surface area contributed by atoms with Crippen LogP contribution in [0.2, 0.25) is 0 Å². The third kappa shape index (κ3) is 6.97. The smallest absolute Gasteiger partial charge is 0.339 e. The van der Waals surface area contributed by atoms with Crippen molar-refractivity contribution in [3.63, 3.8) is 0 Å². The van der Waals surface area contributed by atoms with Crippen molar-refractivity contribution in [3.8, 4) is 5.75 Å². The maximum atomic E-state index is 13.2. The van der Waals surface area contributed by atoms with Crippen molar-refractivity contribution in [2.75, 3.05) is 5.75 Å². The molecule has 0 aliphatic heterocycles. The third-order valence-corrected chi connectivity index (χ3v) is 7.22. The van der Waals surface area contributed by atoms with E-state index in [1.165, 1.54) is 17.8 Å². The maximum Gasteiger partial charge on any atom is 0.339 e. The van der Waals surface area contributed by atoms with Crippen LogP contribution >= 0.6 is 11.8 Å². The molecule has 0 fully saturated rings. The lowest BCUT2D eigenvalue weighted by atomic mass is 10.2. The summed E-state index contributed by atoms with van der Waals surface area (Å²) in [5, 5.41) is 0. The van der Waals surface area contributed by atoms with Gasteiger partial charge in [-0.15, -0.1) is 11.8 Å². The molecule has 1 amide bonds. The Morgan fingerprint density at radius 2 is 1.69 bits per heavy atom. The van der Waals surface area contributed by atoms with E-state index in [2.05, 4.69) is 0 Å². The quantitative estimate of drug-likeness (QED) is 0.207. The molecule has 4 aromatic rings. The molecule has 0 spiro atoms. The van der Waals surface area contributed by atoms with Gasteiger partial charge in [0.25, 0.3) is 0 Å². The van der Waals surface area contributed by atoms with Crippen molar-refractivity contribution in [3.05, 3.63) is 114 Å². The zero-order chi connectivity index (χ0) is 24.7. The van der Waals surface area contributed by atoms with Gasteiger partial charge in [-0.3, -0.25) is 4.79 Å². The highest BCUT2D eigenvalue weighted by Crippen LogP contribution is 2.23. The van der Waals surface area contributed by atoms with Crippen molar-refractivity contribution in [1.29, 1.82) is 0 Å². The average molecular weight is 512 g/mol. The number of carbonyl (C=O) groups excluding carboxylic acids is 1. The number of hydrogen-bond acceptors (Lipinski definition) is 6. The number of carbonyl (C=O) groups is 1. The number of amides is 1. The number of benzene rings is 3. The van der Waals surface area contributed by atoms with E-state index >= 15 is 0 Å². The van der Waals surface area contributed by atoms with E-state index in [9.17, 15) is 17.6 Å². The average Bonchev–Trinajstić information content (AvgIpc) is 3.36. The second kappa shape index (κ2) is 11.2. The molecule has 0 saturated carbocycles. The Morgan fingerprint density at radius 3 is 2.40 bits per heavy atom. The first kappa shape index (κ1) is 24.6. The normalized spacial score (nSPS) is 11.2. The summed E-state index contributed by atoms with van der Waals surface area (Å²) in [5.41, 5.74) is 0.682. The van der Waals surface area contributed by atoms with Crippen LogP contribution in [0.5, 0.6) is 5.75 Å². The largest absolute Gasteiger partial charge is 0.467 e. The van der Waals surface area contributed by atoms with Gasteiger partial charge in [-0.2, -0.15) is 8.42 Å². The molecule has 0 aliphatic carbocycles. The van der Waals surface area contributed by atoms with Gasteiger partial charge in [-0.05, 0) is 66.2 Å². The van der Waals surface area contributed by atoms with Crippen LogP contribution in [0.25, 0.3) is 0 Å². The molecule has 0 unspecified atom stereocenters. The predicted molar refractivity (Wildman–Crippen MR) is 131 cm³/mol. The lowest BCUT2D eigenvalue weighted by molar-refractivity contribution is -0.129. The minimum Gasteiger partial charge on any atom is -0.467 e. The van der Waals surface area contributed by atoms with Gasteiger partial charge >= 0.3 is 10.1 Å². The van der Waals surface area contributed by atoms with Crippen LogP contribution in [0.1, 0.15) is 11.3 Å². The van der Waals surface area contributed by atoms with E-state index < -0.39 is 15.9 Å². The van der Waals surface area contributed by atoms with Gasteiger partial charge in [0.2, 0.25) is 5.91 Å². The second-order valence-corrected chi connectivity index (χ2v) is 10.2. The van der Waals surface area contributed by atoms with Gasteiger partial charge in [-0.1, -0.05) is 30.3 Å². The lowest BCUT2D eigenvalue weighted by Crippen LogP contribution is -2.31. The monoisotopic (exact) mass is 511 g/mol. The number of hydrogen-bond donors (Lipinski definition) is 0. The fraction of sp³-hybridized carbons (Fsp3) is 0.115. The van der Waals surface area contributed by atoms with Gasteiger partial charge < -0.3 is 13.5 Å². The van der Waals surface area contributed by atoms with Crippen LogP contribution in [0.3, 0.4) is 0 Å². The Kier molecular flexibility index (Phi) is 7.89. The van der Waals surface area contributed by atoms with E-state index in [1.54, 1.807) is 41.5 Å². The minimum absolute atomic E-state index is 0.0934. The van der Waals surface area contributed by atoms with Gasteiger partial charge in [0.1, 0.15) is 22.2 Å². The minimum atomic E-state index is -4.14. The van der Waals surface area contributed by atoms with Crippen molar-refractivity contribution >= 4 is 27.8 Å². The number of thioether (sulfide) groups is 1. The fourth-order valence-corrected chi connectivity index (χ4v) is 5.01. The zero-order valence-electron chi connectivity index (χ0n) is 18.5. The molecule has 0 radical (unpaired) electrons. The van der Waals surface area contributed by atoms with Crippen LogP contribution in [0.15, 0.2) is 111 Å². The highest BCUT2D eigenvalue weighted by Gasteiger charge is 2.19. The van der Waals surface area contributed by atoms with E-state index in [-0.39, 0.29) is 35.4 Å². The SMILES string of the molecule is O=C(CSc1ccccc1)N(Cc1cccc(OS(=O)(=O)c2ccc(F)cc2)c1)Cc1ccco1. The number of nitrogens with zero attached hydrogens (tertiary/aromatic N) is 1. The predicted octanol–water partition coefficient (Wildman–Crippen LogP) is 5.51. The summed E-state index contributed by atoms with van der Waals surface area (Å²) < 4.78 is 49.0. The molecule has 4 rings (SSSR count). The Bertz CT molecular complexity index is 1360. The second-order valence-electron chi connectivity index (χ2n) is 7.57. The Morgan fingerprint density at radius 1 is 0.914 bits per heavy atom. The van der Waals surface area contributed by atoms with Crippen molar-refractivity contribution in [2.45, 2.75) is 22.9 Å². The van der Waals surface area contributed by atoms with Crippen LogP contribution < -0.4 is 4.18 Å². The van der Waals surface area contributed by atoms with Crippen molar-refractivity contribution in [1.82, 2.24) is 4.90 Å². The molecule has 6 nitrogen and oxygen atoms in total. The molecule has 180 valence electrons. The van der Waals surface area contributed by atoms with Gasteiger partial charge in [0.05, 0.1) is 18.6 Å². The van der Waals surface area contributed by atoms with Crippen molar-refractivity contribution < 1.29 is 26.2 Å². The molecule has 0 aliphatic rings. The molecular formula is C26H22FNO5S2. The molecule has 0 saturated heterocycles. The van der Waals surface area contributed by atoms with Gasteiger partial charge in [0.15, 0.2) is 0 Å². The molecule has 0 bridgehead atoms. The summed E-state index contributed by atoms with van der Waals surface area (Å²) in [5.74, 6) is 0.322. The summed E-state index contributed by atoms with van der Waals surface area (Å²) in [4.78, 5) is 15.6. The lowest BCUT2D eigenvalue weighted by Gasteiger charge is -2.22. The van der Waals surface area contributed by atoms with Crippen molar-refractivity contribution in [2.24, 2.45) is 0 Å². The topological polar surface area (TPSA) is 76.8 Å². The highest BCUT2D eigenvalue weighted by molar-refractivity contribution is 8.00. The zero-order valence-corrected chi connectivity index (χ0v) is 20.2. The van der Waals surface area contributed by atoms with Crippen LogP contribution in [-0.4, -0.2) is 25.0 Å². The molecule has 0 atom stereocenters. The molecule has 1 heterocycles. The molecular weight excluding hydrogens is 489 g/mol. The fourth-order valence-electron chi connectivity index (χ4n) is 3.27. The van der Waals surface area contributed by atoms with Crippen LogP contribution in [0, 0.1) is 5.82 Å². The van der Waals surface area contributed by atoms with Gasteiger partial charge in [-0.25, -0.2) is 4.39 Å². The first-order chi connectivity index (χ1) is 16.9. The highest BCUT2D eigenvalue weighted by atomic mass is 32.2. The van der Waals surface area contributed by atoms with E-state index in [1.807, 2.05) is 30.3 Å².